The van der Waals surface area contributed by atoms with E-state index in [2.05, 4.69) is 15.6 Å². The number of para-hydroxylation sites is 1. The van der Waals surface area contributed by atoms with Crippen LogP contribution in [0, 0.1) is 5.82 Å². The number of primary amides is 1. The van der Waals surface area contributed by atoms with E-state index < -0.39 is 12.1 Å². The van der Waals surface area contributed by atoms with Crippen LogP contribution in [0.25, 0.3) is 0 Å². The smallest absolute Gasteiger partial charge is 0.269 e. The summed E-state index contributed by atoms with van der Waals surface area (Å²) in [6, 6.07) is 22.3. The Kier molecular flexibility index (Phi) is 7.25. The average Bonchev–Trinajstić information content (AvgIpc) is 2.91. The standard InChI is InChI=1S/C16H14N4OS.C7H6FNO/c17-16(22)20-14-15(21)18-12-9-5-4-8-11(12)13(19-14)10-6-2-1-3-7-10;8-6-3-1-5(2-4-6)7(9)10/h1-9,14H,(H,18,21)(H3,17,20,22);1-4H,(H2,9,10). The summed E-state index contributed by atoms with van der Waals surface area (Å²) in [5, 5.41) is 5.59. The van der Waals surface area contributed by atoms with Gasteiger partial charge in [0.25, 0.3) is 5.91 Å². The van der Waals surface area contributed by atoms with Crippen LogP contribution in [0.1, 0.15) is 21.5 Å². The van der Waals surface area contributed by atoms with Crippen LogP contribution in [0.15, 0.2) is 83.9 Å². The molecular formula is C23H20FN5O2S. The van der Waals surface area contributed by atoms with Gasteiger partial charge in [-0.3, -0.25) is 9.59 Å². The molecule has 1 atom stereocenters. The average molecular weight is 450 g/mol. The fourth-order valence-electron chi connectivity index (χ4n) is 2.93. The van der Waals surface area contributed by atoms with Crippen LogP contribution in [0.3, 0.4) is 0 Å². The van der Waals surface area contributed by atoms with Crippen LogP contribution in [0.5, 0.6) is 0 Å². The fraction of sp³-hybridized carbons (Fsp3) is 0.0435. The van der Waals surface area contributed by atoms with Gasteiger partial charge in [-0.2, -0.15) is 0 Å². The van der Waals surface area contributed by atoms with Crippen molar-refractivity contribution in [3.63, 3.8) is 0 Å². The minimum atomic E-state index is -0.861. The molecule has 2 amide bonds. The van der Waals surface area contributed by atoms with Gasteiger partial charge >= 0.3 is 0 Å². The molecule has 0 aromatic heterocycles. The van der Waals surface area contributed by atoms with Gasteiger partial charge in [-0.25, -0.2) is 9.38 Å². The Morgan fingerprint density at radius 2 is 1.59 bits per heavy atom. The number of benzene rings is 3. The molecule has 1 heterocycles. The topological polar surface area (TPSA) is 123 Å². The number of anilines is 1. The number of hydrogen-bond acceptors (Lipinski definition) is 4. The quantitative estimate of drug-likeness (QED) is 0.458. The molecule has 0 fully saturated rings. The molecule has 0 aliphatic carbocycles. The predicted octanol–water partition coefficient (Wildman–Crippen LogP) is 2.56. The third-order valence-electron chi connectivity index (χ3n) is 4.40. The molecule has 1 aliphatic heterocycles. The number of hydrogen-bond donors (Lipinski definition) is 4. The van der Waals surface area contributed by atoms with Crippen LogP contribution in [-0.4, -0.2) is 28.8 Å². The number of benzodiazepines with no additional fused rings is 1. The van der Waals surface area contributed by atoms with Crippen molar-refractivity contribution >= 4 is 40.5 Å². The van der Waals surface area contributed by atoms with Crippen LogP contribution >= 0.6 is 12.2 Å². The molecule has 0 spiro atoms. The van der Waals surface area contributed by atoms with E-state index in [1.807, 2.05) is 54.6 Å². The lowest BCUT2D eigenvalue weighted by Crippen LogP contribution is -2.44. The Hall–Kier alpha value is -4.11. The lowest BCUT2D eigenvalue weighted by Gasteiger charge is -2.12. The van der Waals surface area contributed by atoms with Crippen molar-refractivity contribution < 1.29 is 14.0 Å². The lowest BCUT2D eigenvalue weighted by atomic mass is 10.0. The molecule has 7 nitrogen and oxygen atoms in total. The summed E-state index contributed by atoms with van der Waals surface area (Å²) in [6.07, 6.45) is -0.861. The maximum atomic E-state index is 12.3. The molecule has 9 heteroatoms. The number of nitrogens with zero attached hydrogens (tertiary/aromatic N) is 1. The van der Waals surface area contributed by atoms with Crippen molar-refractivity contribution in [2.75, 3.05) is 5.32 Å². The van der Waals surface area contributed by atoms with Gasteiger partial charge < -0.3 is 22.1 Å². The molecule has 3 aromatic rings. The highest BCUT2D eigenvalue weighted by molar-refractivity contribution is 7.80. The number of nitrogens with two attached hydrogens (primary N) is 2. The summed E-state index contributed by atoms with van der Waals surface area (Å²) in [5.74, 6) is -1.21. The van der Waals surface area contributed by atoms with Crippen LogP contribution in [0.2, 0.25) is 0 Å². The number of rotatable bonds is 3. The monoisotopic (exact) mass is 449 g/mol. The highest BCUT2D eigenvalue weighted by Crippen LogP contribution is 2.23. The second-order valence-corrected chi connectivity index (χ2v) is 7.10. The van der Waals surface area contributed by atoms with E-state index in [1.54, 1.807) is 0 Å². The van der Waals surface area contributed by atoms with Crippen molar-refractivity contribution in [1.29, 1.82) is 0 Å². The maximum Gasteiger partial charge on any atom is 0.269 e. The molecule has 0 radical (unpaired) electrons. The van der Waals surface area contributed by atoms with Crippen molar-refractivity contribution in [3.05, 3.63) is 101 Å². The number of thiocarbonyl (C=S) groups is 1. The van der Waals surface area contributed by atoms with Crippen molar-refractivity contribution in [3.8, 4) is 0 Å². The number of nitrogens with one attached hydrogen (secondary N) is 2. The fourth-order valence-corrected chi connectivity index (χ4v) is 3.04. The Labute approximate surface area is 189 Å². The molecule has 6 N–H and O–H groups in total. The SMILES string of the molecule is NC(=O)c1ccc(F)cc1.NC(=S)NC1N=C(c2ccccc2)c2ccccc2NC1=O. The Morgan fingerprint density at radius 1 is 0.969 bits per heavy atom. The summed E-state index contributed by atoms with van der Waals surface area (Å²) in [7, 11) is 0. The normalized spacial score (nSPS) is 14.5. The summed E-state index contributed by atoms with van der Waals surface area (Å²) in [6.45, 7) is 0. The summed E-state index contributed by atoms with van der Waals surface area (Å²) in [4.78, 5) is 27.2. The van der Waals surface area contributed by atoms with E-state index in [0.29, 0.717) is 17.0 Å². The van der Waals surface area contributed by atoms with Gasteiger partial charge in [0, 0.05) is 16.7 Å². The highest BCUT2D eigenvalue weighted by Gasteiger charge is 2.25. The van der Waals surface area contributed by atoms with E-state index in [-0.39, 0.29) is 16.8 Å². The molecular weight excluding hydrogens is 429 g/mol. The molecule has 4 rings (SSSR count). The van der Waals surface area contributed by atoms with Gasteiger partial charge in [0.2, 0.25) is 12.1 Å². The largest absolute Gasteiger partial charge is 0.376 e. The molecule has 1 aliphatic rings. The molecule has 0 bridgehead atoms. The second-order valence-electron chi connectivity index (χ2n) is 6.66. The Morgan fingerprint density at radius 3 is 2.22 bits per heavy atom. The molecule has 0 saturated carbocycles. The third-order valence-corrected chi connectivity index (χ3v) is 4.52. The minimum Gasteiger partial charge on any atom is -0.376 e. The first-order valence-electron chi connectivity index (χ1n) is 9.50. The number of fused-ring (bicyclic) bond motifs is 1. The van der Waals surface area contributed by atoms with E-state index in [1.165, 1.54) is 24.3 Å². The van der Waals surface area contributed by atoms with Crippen molar-refractivity contribution in [2.45, 2.75) is 6.17 Å². The van der Waals surface area contributed by atoms with Gasteiger partial charge in [-0.1, -0.05) is 48.5 Å². The molecule has 3 aromatic carbocycles. The summed E-state index contributed by atoms with van der Waals surface area (Å²) >= 11 is 4.83. The minimum absolute atomic E-state index is 0.0299. The summed E-state index contributed by atoms with van der Waals surface area (Å²) in [5.41, 5.74) is 13.9. The number of halogens is 1. The van der Waals surface area contributed by atoms with Crippen LogP contribution in [0.4, 0.5) is 10.1 Å². The van der Waals surface area contributed by atoms with E-state index in [9.17, 15) is 14.0 Å². The molecule has 1 unspecified atom stereocenters. The van der Waals surface area contributed by atoms with Crippen LogP contribution in [-0.2, 0) is 4.79 Å². The van der Waals surface area contributed by atoms with Crippen LogP contribution < -0.4 is 22.1 Å². The summed E-state index contributed by atoms with van der Waals surface area (Å²) < 4.78 is 12.2. The van der Waals surface area contributed by atoms with Crippen molar-refractivity contribution in [1.82, 2.24) is 5.32 Å². The lowest BCUT2D eigenvalue weighted by molar-refractivity contribution is -0.117. The van der Waals surface area contributed by atoms with Gasteiger partial charge in [0.15, 0.2) is 5.11 Å². The first-order chi connectivity index (χ1) is 15.3. The Balaban J connectivity index is 0.000000243. The zero-order valence-corrected chi connectivity index (χ0v) is 17.6. The van der Waals surface area contributed by atoms with E-state index >= 15 is 0 Å². The number of carbonyl (C=O) groups excluding carboxylic acids is 2. The number of carbonyl (C=O) groups is 2. The first kappa shape index (κ1) is 22.6. The zero-order valence-electron chi connectivity index (χ0n) is 16.8. The number of amides is 2. The molecule has 0 saturated heterocycles. The third kappa shape index (κ3) is 5.73. The van der Waals surface area contributed by atoms with E-state index in [0.717, 1.165) is 11.1 Å². The molecule has 32 heavy (non-hydrogen) atoms. The molecule has 162 valence electrons. The predicted molar refractivity (Wildman–Crippen MR) is 126 cm³/mol. The zero-order chi connectivity index (χ0) is 23.1. The van der Waals surface area contributed by atoms with Gasteiger partial charge in [0.05, 0.1) is 11.4 Å². The maximum absolute atomic E-state index is 12.3. The first-order valence-corrected chi connectivity index (χ1v) is 9.91. The van der Waals surface area contributed by atoms with Gasteiger partial charge in [-0.15, -0.1) is 0 Å². The van der Waals surface area contributed by atoms with Gasteiger partial charge in [-0.05, 0) is 42.5 Å². The highest BCUT2D eigenvalue weighted by atomic mass is 32.1. The van der Waals surface area contributed by atoms with E-state index in [4.69, 9.17) is 23.7 Å². The Bertz CT molecular complexity index is 1170. The van der Waals surface area contributed by atoms with Crippen molar-refractivity contribution in [2.24, 2.45) is 16.5 Å². The second kappa shape index (κ2) is 10.3. The van der Waals surface area contributed by atoms with Gasteiger partial charge in [0.1, 0.15) is 5.82 Å². The number of aliphatic imine (C=N–C) groups is 1.